The molecule has 3 heteroatoms. The van der Waals surface area contributed by atoms with Crippen LogP contribution in [0.1, 0.15) is 13.8 Å². The van der Waals surface area contributed by atoms with E-state index >= 15 is 0 Å². The van der Waals surface area contributed by atoms with Crippen molar-refractivity contribution in [3.05, 3.63) is 18.3 Å². The molecule has 0 fully saturated rings. The zero-order valence-corrected chi connectivity index (χ0v) is 7.94. The van der Waals surface area contributed by atoms with Crippen molar-refractivity contribution in [1.29, 1.82) is 0 Å². The van der Waals surface area contributed by atoms with E-state index in [1.54, 1.807) is 0 Å². The number of rotatable bonds is 4. The minimum absolute atomic E-state index is 0.130. The van der Waals surface area contributed by atoms with Crippen molar-refractivity contribution in [2.45, 2.75) is 19.4 Å². The second kappa shape index (κ2) is 3.63. The van der Waals surface area contributed by atoms with Crippen LogP contribution in [-0.4, -0.2) is 24.1 Å². The predicted octanol–water partition coefficient (Wildman–Crippen LogP) is 1.42. The molecular weight excluding hydrogens is 150 g/mol. The molecule has 68 valence electrons. The van der Waals surface area contributed by atoms with E-state index < -0.39 is 0 Å². The first-order chi connectivity index (χ1) is 5.64. The van der Waals surface area contributed by atoms with E-state index in [9.17, 15) is 0 Å². The molecule has 3 nitrogen and oxygen atoms in total. The number of likely N-dealkylation sites (N-methyl/N-ethyl adjacent to an activating group) is 1. The molecule has 0 saturated carbocycles. The highest BCUT2D eigenvalue weighted by Crippen LogP contribution is 2.05. The topological polar surface area (TPSA) is 39.8 Å². The van der Waals surface area contributed by atoms with Crippen LogP contribution in [-0.2, 0) is 0 Å². The largest absolute Gasteiger partial charge is 0.370 e. The quantitative estimate of drug-likeness (QED) is 0.634. The number of nitrogens with one attached hydrogen (secondary N) is 3. The highest BCUT2D eigenvalue weighted by Gasteiger charge is 2.13. The van der Waals surface area contributed by atoms with Crippen molar-refractivity contribution in [3.8, 4) is 0 Å². The molecule has 1 heterocycles. The number of H-pyrrole nitrogens is 1. The van der Waals surface area contributed by atoms with Crippen LogP contribution in [0.5, 0.6) is 0 Å². The Balaban J connectivity index is 2.36. The second-order valence-electron chi connectivity index (χ2n) is 3.57. The van der Waals surface area contributed by atoms with Gasteiger partial charge in [0.2, 0.25) is 0 Å². The fourth-order valence-electron chi connectivity index (χ4n) is 0.845. The van der Waals surface area contributed by atoms with E-state index in [0.717, 1.165) is 12.4 Å². The molecule has 0 aliphatic heterocycles. The van der Waals surface area contributed by atoms with Gasteiger partial charge in [-0.05, 0) is 33.0 Å². The molecule has 0 aliphatic carbocycles. The molecule has 1 rings (SSSR count). The summed E-state index contributed by atoms with van der Waals surface area (Å²) >= 11 is 0. The summed E-state index contributed by atoms with van der Waals surface area (Å²) in [7, 11) is 1.97. The Bertz CT molecular complexity index is 214. The molecule has 0 bridgehead atoms. The van der Waals surface area contributed by atoms with Gasteiger partial charge < -0.3 is 15.6 Å². The molecular formula is C9H17N3. The summed E-state index contributed by atoms with van der Waals surface area (Å²) in [5.74, 6) is 1.07. The van der Waals surface area contributed by atoms with Crippen LogP contribution in [0.3, 0.4) is 0 Å². The van der Waals surface area contributed by atoms with Gasteiger partial charge in [-0.2, -0.15) is 0 Å². The van der Waals surface area contributed by atoms with Crippen molar-refractivity contribution in [1.82, 2.24) is 10.3 Å². The van der Waals surface area contributed by atoms with Gasteiger partial charge in [-0.25, -0.2) is 0 Å². The van der Waals surface area contributed by atoms with E-state index in [-0.39, 0.29) is 5.54 Å². The Kier molecular flexibility index (Phi) is 2.76. The van der Waals surface area contributed by atoms with Gasteiger partial charge in [0.15, 0.2) is 0 Å². The number of anilines is 1. The average molecular weight is 167 g/mol. The van der Waals surface area contributed by atoms with Crippen LogP contribution < -0.4 is 10.6 Å². The molecule has 12 heavy (non-hydrogen) atoms. The summed E-state index contributed by atoms with van der Waals surface area (Å²) in [5, 5.41) is 6.53. The van der Waals surface area contributed by atoms with Crippen LogP contribution >= 0.6 is 0 Å². The highest BCUT2D eigenvalue weighted by molar-refractivity contribution is 5.34. The molecule has 0 amide bonds. The zero-order valence-electron chi connectivity index (χ0n) is 7.94. The molecule has 1 aromatic heterocycles. The van der Waals surface area contributed by atoms with E-state index in [1.807, 2.05) is 25.4 Å². The lowest BCUT2D eigenvalue weighted by atomic mass is 10.1. The number of aromatic nitrogens is 1. The van der Waals surface area contributed by atoms with E-state index in [2.05, 4.69) is 29.5 Å². The third-order valence-electron chi connectivity index (χ3n) is 2.00. The van der Waals surface area contributed by atoms with Gasteiger partial charge in [-0.3, -0.25) is 0 Å². The van der Waals surface area contributed by atoms with Crippen molar-refractivity contribution in [2.24, 2.45) is 0 Å². The molecule has 0 spiro atoms. The standard InChI is InChI=1S/C9H17N3/c1-9(2,10-3)7-12-8-5-4-6-11-8/h4-6,10-12H,7H2,1-3H3. The summed E-state index contributed by atoms with van der Waals surface area (Å²) < 4.78 is 0. The molecule has 0 saturated heterocycles. The van der Waals surface area contributed by atoms with Crippen LogP contribution in [0.25, 0.3) is 0 Å². The lowest BCUT2D eigenvalue weighted by molar-refractivity contribution is 0.448. The Morgan fingerprint density at radius 1 is 1.50 bits per heavy atom. The van der Waals surface area contributed by atoms with Crippen LogP contribution in [0.2, 0.25) is 0 Å². The Morgan fingerprint density at radius 2 is 2.25 bits per heavy atom. The molecule has 0 unspecified atom stereocenters. The van der Waals surface area contributed by atoms with E-state index in [4.69, 9.17) is 0 Å². The normalized spacial score (nSPS) is 11.6. The number of hydrogen-bond donors (Lipinski definition) is 3. The molecule has 1 aromatic rings. The summed E-state index contributed by atoms with van der Waals surface area (Å²) in [4.78, 5) is 3.09. The molecule has 0 aromatic carbocycles. The van der Waals surface area contributed by atoms with Gasteiger partial charge >= 0.3 is 0 Å². The first-order valence-electron chi connectivity index (χ1n) is 4.20. The lowest BCUT2D eigenvalue weighted by Gasteiger charge is -2.24. The van der Waals surface area contributed by atoms with Gasteiger partial charge in [0, 0.05) is 18.3 Å². The van der Waals surface area contributed by atoms with Gasteiger partial charge in [0.1, 0.15) is 5.82 Å². The SMILES string of the molecule is CNC(C)(C)CNc1ccc[nH]1. The first-order valence-corrected chi connectivity index (χ1v) is 4.20. The molecule has 0 aliphatic rings. The number of aromatic amines is 1. The third-order valence-corrected chi connectivity index (χ3v) is 2.00. The molecule has 0 radical (unpaired) electrons. The average Bonchev–Trinajstić information content (AvgIpc) is 2.53. The van der Waals surface area contributed by atoms with Crippen LogP contribution in [0, 0.1) is 0 Å². The van der Waals surface area contributed by atoms with Crippen molar-refractivity contribution < 1.29 is 0 Å². The predicted molar refractivity (Wildman–Crippen MR) is 52.4 cm³/mol. The fourth-order valence-corrected chi connectivity index (χ4v) is 0.845. The van der Waals surface area contributed by atoms with Gasteiger partial charge in [-0.15, -0.1) is 0 Å². The maximum absolute atomic E-state index is 3.30. The second-order valence-corrected chi connectivity index (χ2v) is 3.57. The Morgan fingerprint density at radius 3 is 2.75 bits per heavy atom. The maximum atomic E-state index is 3.30. The van der Waals surface area contributed by atoms with Gasteiger partial charge in [0.05, 0.1) is 0 Å². The summed E-state index contributed by atoms with van der Waals surface area (Å²) in [6.07, 6.45) is 1.91. The Labute approximate surface area is 73.6 Å². The van der Waals surface area contributed by atoms with Crippen molar-refractivity contribution >= 4 is 5.82 Å². The summed E-state index contributed by atoms with van der Waals surface area (Å²) in [6, 6.07) is 4.00. The monoisotopic (exact) mass is 167 g/mol. The van der Waals surface area contributed by atoms with E-state index in [1.165, 1.54) is 0 Å². The highest BCUT2D eigenvalue weighted by atomic mass is 15.0. The molecule has 3 N–H and O–H groups in total. The first kappa shape index (κ1) is 9.13. The van der Waals surface area contributed by atoms with Crippen LogP contribution in [0.4, 0.5) is 5.82 Å². The van der Waals surface area contributed by atoms with Crippen molar-refractivity contribution in [3.63, 3.8) is 0 Å². The number of hydrogen-bond acceptors (Lipinski definition) is 2. The fraction of sp³-hybridized carbons (Fsp3) is 0.556. The van der Waals surface area contributed by atoms with Crippen molar-refractivity contribution in [2.75, 3.05) is 18.9 Å². The smallest absolute Gasteiger partial charge is 0.103 e. The molecule has 0 atom stereocenters. The maximum Gasteiger partial charge on any atom is 0.103 e. The van der Waals surface area contributed by atoms with Gasteiger partial charge in [-0.1, -0.05) is 0 Å². The van der Waals surface area contributed by atoms with E-state index in [0.29, 0.717) is 0 Å². The van der Waals surface area contributed by atoms with Gasteiger partial charge in [0.25, 0.3) is 0 Å². The minimum Gasteiger partial charge on any atom is -0.370 e. The minimum atomic E-state index is 0.130. The summed E-state index contributed by atoms with van der Waals surface area (Å²) in [5.41, 5.74) is 0.130. The summed E-state index contributed by atoms with van der Waals surface area (Å²) in [6.45, 7) is 5.22. The zero-order chi connectivity index (χ0) is 9.03. The van der Waals surface area contributed by atoms with Crippen LogP contribution in [0.15, 0.2) is 18.3 Å². The Hall–Kier alpha value is -0.960. The lowest BCUT2D eigenvalue weighted by Crippen LogP contribution is -2.42. The third kappa shape index (κ3) is 2.58.